The van der Waals surface area contributed by atoms with Crippen LogP contribution in [-0.4, -0.2) is 24.3 Å². The summed E-state index contributed by atoms with van der Waals surface area (Å²) in [6.07, 6.45) is 0.738. The number of rotatable bonds is 1. The van der Waals surface area contributed by atoms with Gasteiger partial charge in [-0.15, -0.1) is 0 Å². The van der Waals surface area contributed by atoms with E-state index in [9.17, 15) is 5.11 Å². The van der Waals surface area contributed by atoms with Crippen LogP contribution in [-0.2, 0) is 0 Å². The average molecular weight is 255 g/mol. The first kappa shape index (κ1) is 12.5. The Balaban J connectivity index is 2.26. The molecule has 0 bridgehead atoms. The Morgan fingerprint density at radius 3 is 2.82 bits per heavy atom. The first-order valence-electron chi connectivity index (χ1n) is 5.97. The Morgan fingerprint density at radius 1 is 1.47 bits per heavy atom. The van der Waals surface area contributed by atoms with Crippen LogP contribution in [0.2, 0.25) is 5.02 Å². The second kappa shape index (κ2) is 4.75. The third-order valence-corrected chi connectivity index (χ3v) is 3.90. The average Bonchev–Trinajstić information content (AvgIpc) is 2.27. The van der Waals surface area contributed by atoms with Gasteiger partial charge in [0.25, 0.3) is 0 Å². The van der Waals surface area contributed by atoms with Gasteiger partial charge in [-0.3, -0.25) is 0 Å². The Bertz CT molecular complexity index is 422. The summed E-state index contributed by atoms with van der Waals surface area (Å²) in [5.74, 6) is 0.371. The highest BCUT2D eigenvalue weighted by Crippen LogP contribution is 2.31. The molecule has 0 amide bonds. The zero-order valence-corrected chi connectivity index (χ0v) is 11.0. The third-order valence-electron chi connectivity index (χ3n) is 3.57. The lowest BCUT2D eigenvalue weighted by Gasteiger charge is -2.36. The lowest BCUT2D eigenvalue weighted by Crippen LogP contribution is -2.43. The molecule has 1 aliphatic heterocycles. The number of nitrogens with zero attached hydrogens (tertiary/aromatic N) is 1. The molecule has 2 unspecified atom stereocenters. The van der Waals surface area contributed by atoms with Gasteiger partial charge in [-0.1, -0.05) is 18.5 Å². The predicted molar refractivity (Wildman–Crippen MR) is 72.6 cm³/mol. The number of piperidine rings is 1. The molecule has 1 aromatic rings. The Labute approximate surface area is 107 Å². The van der Waals surface area contributed by atoms with Crippen molar-refractivity contribution in [2.24, 2.45) is 5.92 Å². The largest absolute Gasteiger partial charge is 0.398 e. The fourth-order valence-electron chi connectivity index (χ4n) is 2.30. The summed E-state index contributed by atoms with van der Waals surface area (Å²) in [6, 6.07) is 3.79. The van der Waals surface area contributed by atoms with Crippen LogP contribution in [0, 0.1) is 12.8 Å². The first-order chi connectivity index (χ1) is 7.99. The quantitative estimate of drug-likeness (QED) is 0.757. The number of aliphatic hydroxyl groups excluding tert-OH is 1. The Morgan fingerprint density at radius 2 is 2.18 bits per heavy atom. The highest BCUT2D eigenvalue weighted by Gasteiger charge is 2.25. The van der Waals surface area contributed by atoms with E-state index in [1.165, 1.54) is 0 Å². The zero-order valence-electron chi connectivity index (χ0n) is 10.3. The van der Waals surface area contributed by atoms with Crippen LogP contribution in [0.15, 0.2) is 12.1 Å². The molecule has 0 saturated carbocycles. The molecule has 3 N–H and O–H groups in total. The molecule has 2 rings (SSSR count). The normalized spacial score (nSPS) is 25.1. The molecule has 0 aromatic heterocycles. The molecular formula is C13H19ClN2O. The Kier molecular flexibility index (Phi) is 3.50. The van der Waals surface area contributed by atoms with Crippen LogP contribution in [0.1, 0.15) is 18.9 Å². The van der Waals surface area contributed by atoms with Crippen LogP contribution < -0.4 is 10.6 Å². The summed E-state index contributed by atoms with van der Waals surface area (Å²) >= 11 is 6.06. The van der Waals surface area contributed by atoms with E-state index in [-0.39, 0.29) is 6.10 Å². The number of β-amino-alcohol motifs (C(OH)–C–C–N with tert-alkyl or cyclic N) is 1. The fraction of sp³-hybridized carbons (Fsp3) is 0.538. The van der Waals surface area contributed by atoms with Crippen molar-refractivity contribution in [1.82, 2.24) is 0 Å². The number of aliphatic hydroxyl groups is 1. The summed E-state index contributed by atoms with van der Waals surface area (Å²) < 4.78 is 0. The van der Waals surface area contributed by atoms with Crippen LogP contribution in [0.25, 0.3) is 0 Å². The molecule has 1 heterocycles. The first-order valence-corrected chi connectivity index (χ1v) is 6.35. The van der Waals surface area contributed by atoms with Gasteiger partial charge < -0.3 is 15.7 Å². The van der Waals surface area contributed by atoms with Crippen molar-refractivity contribution in [3.63, 3.8) is 0 Å². The van der Waals surface area contributed by atoms with Gasteiger partial charge in [-0.2, -0.15) is 0 Å². The summed E-state index contributed by atoms with van der Waals surface area (Å²) in [5.41, 5.74) is 8.56. The minimum atomic E-state index is -0.264. The maximum Gasteiger partial charge on any atom is 0.0741 e. The molecule has 4 heteroatoms. The smallest absolute Gasteiger partial charge is 0.0741 e. The molecular weight excluding hydrogens is 236 g/mol. The van der Waals surface area contributed by atoms with E-state index in [4.69, 9.17) is 17.3 Å². The number of aryl methyl sites for hydroxylation is 1. The minimum absolute atomic E-state index is 0.264. The van der Waals surface area contributed by atoms with Gasteiger partial charge in [0.15, 0.2) is 0 Å². The van der Waals surface area contributed by atoms with Crippen LogP contribution in [0.3, 0.4) is 0 Å². The van der Waals surface area contributed by atoms with Gasteiger partial charge in [0.2, 0.25) is 0 Å². The number of hydrogen-bond acceptors (Lipinski definition) is 3. The van der Waals surface area contributed by atoms with Gasteiger partial charge in [-0.05, 0) is 37.0 Å². The molecule has 1 saturated heterocycles. The topological polar surface area (TPSA) is 49.5 Å². The van der Waals surface area contributed by atoms with Gasteiger partial charge in [-0.25, -0.2) is 0 Å². The minimum Gasteiger partial charge on any atom is -0.398 e. The second-order valence-corrected chi connectivity index (χ2v) is 5.35. The number of nitrogens with two attached hydrogens (primary N) is 1. The van der Waals surface area contributed by atoms with Crippen LogP contribution >= 0.6 is 11.6 Å². The van der Waals surface area contributed by atoms with Crippen molar-refractivity contribution in [3.8, 4) is 0 Å². The summed E-state index contributed by atoms with van der Waals surface area (Å²) in [6.45, 7) is 5.73. The molecule has 1 aromatic carbocycles. The summed E-state index contributed by atoms with van der Waals surface area (Å²) in [7, 11) is 0. The molecule has 1 fully saturated rings. The number of halogens is 1. The Hall–Kier alpha value is -0.930. The highest BCUT2D eigenvalue weighted by molar-refractivity contribution is 6.33. The number of nitrogen functional groups attached to an aromatic ring is 1. The van der Waals surface area contributed by atoms with Crippen molar-refractivity contribution in [1.29, 1.82) is 0 Å². The molecule has 2 atom stereocenters. The summed E-state index contributed by atoms with van der Waals surface area (Å²) in [4.78, 5) is 2.19. The van der Waals surface area contributed by atoms with Gasteiger partial charge >= 0.3 is 0 Å². The standard InChI is InChI=1S/C13H19ClN2O/c1-8-3-4-16(7-13(8)17)12-6-10(14)11(15)5-9(12)2/h5-6,8,13,17H,3-4,7,15H2,1-2H3. The zero-order chi connectivity index (χ0) is 12.6. The number of benzene rings is 1. The van der Waals surface area contributed by atoms with Crippen molar-refractivity contribution >= 4 is 23.0 Å². The van der Waals surface area contributed by atoms with Crippen molar-refractivity contribution < 1.29 is 5.11 Å². The third kappa shape index (κ3) is 2.50. The highest BCUT2D eigenvalue weighted by atomic mass is 35.5. The van der Waals surface area contributed by atoms with E-state index >= 15 is 0 Å². The van der Waals surface area contributed by atoms with Crippen molar-refractivity contribution in [2.45, 2.75) is 26.4 Å². The lowest BCUT2D eigenvalue weighted by atomic mass is 9.95. The maximum atomic E-state index is 9.92. The molecule has 17 heavy (non-hydrogen) atoms. The van der Waals surface area contributed by atoms with E-state index in [1.54, 1.807) is 0 Å². The van der Waals surface area contributed by atoms with Crippen molar-refractivity contribution in [2.75, 3.05) is 23.7 Å². The van der Waals surface area contributed by atoms with E-state index < -0.39 is 0 Å². The fourth-order valence-corrected chi connectivity index (χ4v) is 2.46. The SMILES string of the molecule is Cc1cc(N)c(Cl)cc1N1CCC(C)C(O)C1. The van der Waals surface area contributed by atoms with Gasteiger partial charge in [0, 0.05) is 18.8 Å². The van der Waals surface area contributed by atoms with Crippen molar-refractivity contribution in [3.05, 3.63) is 22.7 Å². The lowest BCUT2D eigenvalue weighted by molar-refractivity contribution is 0.103. The van der Waals surface area contributed by atoms with Gasteiger partial charge in [0.1, 0.15) is 0 Å². The second-order valence-electron chi connectivity index (χ2n) is 4.94. The van der Waals surface area contributed by atoms with Crippen LogP contribution in [0.5, 0.6) is 0 Å². The maximum absolute atomic E-state index is 9.92. The molecule has 0 radical (unpaired) electrons. The summed E-state index contributed by atoms with van der Waals surface area (Å²) in [5, 5.41) is 10.5. The molecule has 0 spiro atoms. The molecule has 0 aliphatic carbocycles. The van der Waals surface area contributed by atoms with E-state index in [2.05, 4.69) is 11.8 Å². The van der Waals surface area contributed by atoms with E-state index in [1.807, 2.05) is 19.1 Å². The molecule has 1 aliphatic rings. The monoisotopic (exact) mass is 254 g/mol. The van der Waals surface area contributed by atoms with E-state index in [0.29, 0.717) is 23.2 Å². The van der Waals surface area contributed by atoms with Gasteiger partial charge in [0.05, 0.1) is 16.8 Å². The van der Waals surface area contributed by atoms with Crippen LogP contribution in [0.4, 0.5) is 11.4 Å². The number of hydrogen-bond donors (Lipinski definition) is 2. The number of anilines is 2. The molecule has 94 valence electrons. The predicted octanol–water partition coefficient (Wildman–Crippen LogP) is 2.44. The molecule has 3 nitrogen and oxygen atoms in total. The van der Waals surface area contributed by atoms with E-state index in [0.717, 1.165) is 24.2 Å².